The Morgan fingerprint density at radius 1 is 1.44 bits per heavy atom. The van der Waals surface area contributed by atoms with E-state index in [9.17, 15) is 4.79 Å². The Balaban J connectivity index is 1.96. The van der Waals surface area contributed by atoms with Crippen molar-refractivity contribution in [2.75, 3.05) is 0 Å². The number of amides is 1. The lowest BCUT2D eigenvalue weighted by Crippen LogP contribution is -2.42. The van der Waals surface area contributed by atoms with Gasteiger partial charge in [0.1, 0.15) is 5.76 Å². The standard InChI is InChI=1S/C12H16ClNO2/c1-8-6-7-11(16-8)12(15)14-10-5-3-2-4-9(10)13/h6-7,9-10H,2-5H2,1H3,(H,14,15). The Bertz CT molecular complexity index is 375. The Labute approximate surface area is 100 Å². The van der Waals surface area contributed by atoms with Crippen LogP contribution in [0, 0.1) is 6.92 Å². The molecular weight excluding hydrogens is 226 g/mol. The summed E-state index contributed by atoms with van der Waals surface area (Å²) in [7, 11) is 0. The van der Waals surface area contributed by atoms with Crippen molar-refractivity contribution in [1.29, 1.82) is 0 Å². The summed E-state index contributed by atoms with van der Waals surface area (Å²) in [4.78, 5) is 11.8. The van der Waals surface area contributed by atoms with Crippen molar-refractivity contribution < 1.29 is 9.21 Å². The second-order valence-corrected chi connectivity index (χ2v) is 4.85. The zero-order valence-electron chi connectivity index (χ0n) is 9.33. The number of carbonyl (C=O) groups is 1. The number of alkyl halides is 1. The average Bonchev–Trinajstić information content (AvgIpc) is 2.68. The van der Waals surface area contributed by atoms with Crippen molar-refractivity contribution >= 4 is 17.5 Å². The first-order chi connectivity index (χ1) is 7.66. The summed E-state index contributed by atoms with van der Waals surface area (Å²) in [5, 5.41) is 2.98. The van der Waals surface area contributed by atoms with Gasteiger partial charge >= 0.3 is 0 Å². The summed E-state index contributed by atoms with van der Waals surface area (Å²) in [5.74, 6) is 0.953. The number of halogens is 1. The normalized spacial score (nSPS) is 25.4. The third kappa shape index (κ3) is 2.59. The van der Waals surface area contributed by atoms with Crippen LogP contribution in [0.1, 0.15) is 42.0 Å². The van der Waals surface area contributed by atoms with E-state index < -0.39 is 0 Å². The van der Waals surface area contributed by atoms with Crippen LogP contribution in [0.25, 0.3) is 0 Å². The van der Waals surface area contributed by atoms with Crippen LogP contribution in [-0.4, -0.2) is 17.3 Å². The lowest BCUT2D eigenvalue weighted by Gasteiger charge is -2.27. The molecule has 0 aromatic carbocycles. The number of carbonyl (C=O) groups excluding carboxylic acids is 1. The second kappa shape index (κ2) is 4.91. The molecule has 1 aromatic rings. The Morgan fingerprint density at radius 3 is 2.81 bits per heavy atom. The second-order valence-electron chi connectivity index (χ2n) is 4.29. The first-order valence-electron chi connectivity index (χ1n) is 5.68. The maximum atomic E-state index is 11.8. The summed E-state index contributed by atoms with van der Waals surface area (Å²) < 4.78 is 5.27. The highest BCUT2D eigenvalue weighted by Gasteiger charge is 2.25. The molecule has 0 aliphatic heterocycles. The first kappa shape index (κ1) is 11.5. The van der Waals surface area contributed by atoms with E-state index in [1.54, 1.807) is 12.1 Å². The van der Waals surface area contributed by atoms with E-state index in [-0.39, 0.29) is 17.3 Å². The molecule has 1 fully saturated rings. The largest absolute Gasteiger partial charge is 0.456 e. The third-order valence-corrected chi connectivity index (χ3v) is 3.48. The van der Waals surface area contributed by atoms with Gasteiger partial charge in [0.15, 0.2) is 5.76 Å². The Kier molecular flexibility index (Phi) is 3.54. The quantitative estimate of drug-likeness (QED) is 0.809. The Morgan fingerprint density at radius 2 is 2.19 bits per heavy atom. The minimum absolute atomic E-state index is 0.0498. The van der Waals surface area contributed by atoms with Gasteiger partial charge in [-0.05, 0) is 31.9 Å². The molecule has 1 aliphatic carbocycles. The number of rotatable bonds is 2. The van der Waals surface area contributed by atoms with Crippen LogP contribution in [0.5, 0.6) is 0 Å². The van der Waals surface area contributed by atoms with E-state index in [0.717, 1.165) is 31.4 Å². The van der Waals surface area contributed by atoms with Gasteiger partial charge in [-0.1, -0.05) is 12.8 Å². The molecule has 1 saturated carbocycles. The number of nitrogens with one attached hydrogen (secondary N) is 1. The number of furan rings is 1. The van der Waals surface area contributed by atoms with Crippen molar-refractivity contribution in [3.63, 3.8) is 0 Å². The lowest BCUT2D eigenvalue weighted by molar-refractivity contribution is 0.0899. The Hall–Kier alpha value is -0.960. The molecule has 2 unspecified atom stereocenters. The van der Waals surface area contributed by atoms with Crippen molar-refractivity contribution in [2.24, 2.45) is 0 Å². The highest BCUT2D eigenvalue weighted by Crippen LogP contribution is 2.23. The van der Waals surface area contributed by atoms with Crippen molar-refractivity contribution in [3.05, 3.63) is 23.7 Å². The topological polar surface area (TPSA) is 42.2 Å². The summed E-state index contributed by atoms with van der Waals surface area (Å²) >= 11 is 6.17. The van der Waals surface area contributed by atoms with Gasteiger partial charge in [-0.25, -0.2) is 0 Å². The van der Waals surface area contributed by atoms with Gasteiger partial charge in [0.05, 0.1) is 5.38 Å². The third-order valence-electron chi connectivity index (χ3n) is 2.96. The maximum Gasteiger partial charge on any atom is 0.287 e. The number of aryl methyl sites for hydroxylation is 1. The summed E-state index contributed by atoms with van der Waals surface area (Å²) in [5.41, 5.74) is 0. The number of hydrogen-bond donors (Lipinski definition) is 1. The molecule has 1 heterocycles. The predicted octanol–water partition coefficient (Wildman–Crippen LogP) is 2.87. The average molecular weight is 242 g/mol. The van der Waals surface area contributed by atoms with Gasteiger partial charge in [-0.15, -0.1) is 11.6 Å². The van der Waals surface area contributed by atoms with Crippen molar-refractivity contribution in [1.82, 2.24) is 5.32 Å². The molecule has 2 rings (SSSR count). The fourth-order valence-electron chi connectivity index (χ4n) is 2.04. The monoisotopic (exact) mass is 241 g/mol. The van der Waals surface area contributed by atoms with Gasteiger partial charge in [0.2, 0.25) is 0 Å². The van der Waals surface area contributed by atoms with Gasteiger partial charge in [-0.2, -0.15) is 0 Å². The molecule has 0 radical (unpaired) electrons. The van der Waals surface area contributed by atoms with Gasteiger partial charge in [0, 0.05) is 6.04 Å². The zero-order chi connectivity index (χ0) is 11.5. The summed E-state index contributed by atoms with van der Waals surface area (Å²) in [6.45, 7) is 1.82. The molecule has 16 heavy (non-hydrogen) atoms. The molecule has 0 bridgehead atoms. The lowest BCUT2D eigenvalue weighted by atomic mass is 9.95. The molecule has 1 N–H and O–H groups in total. The molecule has 0 saturated heterocycles. The molecule has 1 aromatic heterocycles. The van der Waals surface area contributed by atoms with Crippen molar-refractivity contribution in [3.8, 4) is 0 Å². The van der Waals surface area contributed by atoms with Crippen LogP contribution in [0.4, 0.5) is 0 Å². The minimum atomic E-state index is -0.161. The first-order valence-corrected chi connectivity index (χ1v) is 6.12. The molecule has 2 atom stereocenters. The molecule has 88 valence electrons. The fourth-order valence-corrected chi connectivity index (χ4v) is 2.39. The molecular formula is C12H16ClNO2. The van der Waals surface area contributed by atoms with Crippen LogP contribution in [0.2, 0.25) is 0 Å². The van der Waals surface area contributed by atoms with Gasteiger partial charge in [-0.3, -0.25) is 4.79 Å². The SMILES string of the molecule is Cc1ccc(C(=O)NC2CCCCC2Cl)o1. The van der Waals surface area contributed by atoms with Crippen LogP contribution >= 0.6 is 11.6 Å². The van der Waals surface area contributed by atoms with Crippen LogP contribution in [0.3, 0.4) is 0 Å². The van der Waals surface area contributed by atoms with Gasteiger partial charge < -0.3 is 9.73 Å². The van der Waals surface area contributed by atoms with Crippen LogP contribution in [-0.2, 0) is 0 Å². The van der Waals surface area contributed by atoms with E-state index >= 15 is 0 Å². The van der Waals surface area contributed by atoms with E-state index in [0.29, 0.717) is 5.76 Å². The van der Waals surface area contributed by atoms with Gasteiger partial charge in [0.25, 0.3) is 5.91 Å². The summed E-state index contributed by atoms with van der Waals surface area (Å²) in [6, 6.07) is 3.55. The van der Waals surface area contributed by atoms with E-state index in [2.05, 4.69) is 5.32 Å². The zero-order valence-corrected chi connectivity index (χ0v) is 10.1. The summed E-state index contributed by atoms with van der Waals surface area (Å²) in [6.07, 6.45) is 4.22. The number of hydrogen-bond acceptors (Lipinski definition) is 2. The fraction of sp³-hybridized carbons (Fsp3) is 0.583. The minimum Gasteiger partial charge on any atom is -0.456 e. The smallest absolute Gasteiger partial charge is 0.287 e. The predicted molar refractivity (Wildman–Crippen MR) is 62.8 cm³/mol. The molecule has 1 amide bonds. The van der Waals surface area contributed by atoms with E-state index in [4.69, 9.17) is 16.0 Å². The highest BCUT2D eigenvalue weighted by molar-refractivity contribution is 6.21. The molecule has 1 aliphatic rings. The van der Waals surface area contributed by atoms with Crippen LogP contribution in [0.15, 0.2) is 16.5 Å². The van der Waals surface area contributed by atoms with E-state index in [1.807, 2.05) is 6.92 Å². The maximum absolute atomic E-state index is 11.8. The van der Waals surface area contributed by atoms with E-state index in [1.165, 1.54) is 0 Å². The molecule has 3 nitrogen and oxygen atoms in total. The molecule has 0 spiro atoms. The van der Waals surface area contributed by atoms with Crippen LogP contribution < -0.4 is 5.32 Å². The molecule has 4 heteroatoms. The van der Waals surface area contributed by atoms with Crippen molar-refractivity contribution in [2.45, 2.75) is 44.0 Å². The highest BCUT2D eigenvalue weighted by atomic mass is 35.5.